The van der Waals surface area contributed by atoms with E-state index < -0.39 is 0 Å². The molecule has 0 aromatic rings. The van der Waals surface area contributed by atoms with E-state index in [0.717, 1.165) is 5.92 Å². The van der Waals surface area contributed by atoms with Crippen LogP contribution in [0, 0.1) is 5.92 Å². The van der Waals surface area contributed by atoms with Crippen LogP contribution in [0.4, 0.5) is 0 Å². The molecule has 0 saturated carbocycles. The van der Waals surface area contributed by atoms with Gasteiger partial charge in [-0.2, -0.15) is 0 Å². The summed E-state index contributed by atoms with van der Waals surface area (Å²) in [6.45, 7) is 9.76. The number of quaternary nitrogens is 1. The molecule has 0 aromatic carbocycles. The summed E-state index contributed by atoms with van der Waals surface area (Å²) in [6.07, 6.45) is 26.0. The fourth-order valence-corrected chi connectivity index (χ4v) is 4.08. The van der Waals surface area contributed by atoms with E-state index in [1.807, 2.05) is 0 Å². The molecule has 0 N–H and O–H groups in total. The quantitative estimate of drug-likeness (QED) is 0.137. The molecule has 0 aliphatic carbocycles. The largest absolute Gasteiger partial charge is 0.328 e. The first-order valence-corrected chi connectivity index (χ1v) is 12.8. The van der Waals surface area contributed by atoms with Crippen LogP contribution in [0.2, 0.25) is 0 Å². The van der Waals surface area contributed by atoms with Gasteiger partial charge in [0.1, 0.15) is 0 Å². The highest BCUT2D eigenvalue weighted by molar-refractivity contribution is 4.52. The molecule has 0 spiro atoms. The van der Waals surface area contributed by atoms with Crippen molar-refractivity contribution in [3.63, 3.8) is 0 Å². The normalized spacial score (nSPS) is 13.2. The van der Waals surface area contributed by atoms with Crippen molar-refractivity contribution in [2.24, 2.45) is 5.92 Å². The monoisotopic (exact) mass is 382 g/mol. The van der Waals surface area contributed by atoms with Crippen LogP contribution in [0.15, 0.2) is 0 Å². The van der Waals surface area contributed by atoms with Crippen LogP contribution in [0.3, 0.4) is 0 Å². The van der Waals surface area contributed by atoms with E-state index >= 15 is 0 Å². The lowest BCUT2D eigenvalue weighted by Gasteiger charge is -2.30. The SMILES string of the molecule is CCCCCCCCCCCCCCCC[N+](C)(C)CCCCC(C)CC. The Kier molecular flexibility index (Phi) is 19.3. The predicted molar refractivity (Wildman–Crippen MR) is 125 cm³/mol. The minimum atomic E-state index is 0.923. The van der Waals surface area contributed by atoms with Gasteiger partial charge >= 0.3 is 0 Å². The smallest absolute Gasteiger partial charge is 0.0782 e. The van der Waals surface area contributed by atoms with E-state index in [9.17, 15) is 0 Å². The van der Waals surface area contributed by atoms with Gasteiger partial charge in [-0.25, -0.2) is 0 Å². The highest BCUT2D eigenvalue weighted by Gasteiger charge is 2.13. The van der Waals surface area contributed by atoms with Crippen molar-refractivity contribution in [2.45, 2.75) is 136 Å². The molecule has 0 radical (unpaired) electrons. The molecular formula is C26H56N+. The Morgan fingerprint density at radius 2 is 0.889 bits per heavy atom. The molecular weight excluding hydrogens is 326 g/mol. The maximum Gasteiger partial charge on any atom is 0.0782 e. The molecule has 0 saturated heterocycles. The molecule has 27 heavy (non-hydrogen) atoms. The lowest BCUT2D eigenvalue weighted by Crippen LogP contribution is -2.41. The van der Waals surface area contributed by atoms with Gasteiger partial charge in [0, 0.05) is 0 Å². The second kappa shape index (κ2) is 19.3. The Labute approximate surface area is 174 Å². The Balaban J connectivity index is 3.30. The molecule has 1 heteroatoms. The van der Waals surface area contributed by atoms with Gasteiger partial charge in [-0.15, -0.1) is 0 Å². The van der Waals surface area contributed by atoms with E-state index in [4.69, 9.17) is 0 Å². The molecule has 1 atom stereocenters. The Morgan fingerprint density at radius 3 is 1.30 bits per heavy atom. The van der Waals surface area contributed by atoms with Crippen LogP contribution in [-0.2, 0) is 0 Å². The van der Waals surface area contributed by atoms with Crippen LogP contribution in [0.25, 0.3) is 0 Å². The zero-order valence-corrected chi connectivity index (χ0v) is 20.2. The van der Waals surface area contributed by atoms with Crippen molar-refractivity contribution < 1.29 is 4.48 Å². The average molecular weight is 383 g/mol. The Bertz CT molecular complexity index is 284. The van der Waals surface area contributed by atoms with Crippen LogP contribution in [0.5, 0.6) is 0 Å². The molecule has 0 aliphatic rings. The van der Waals surface area contributed by atoms with Crippen LogP contribution in [-0.4, -0.2) is 31.7 Å². The fraction of sp³-hybridized carbons (Fsp3) is 1.00. The molecule has 0 aromatic heterocycles. The summed E-state index contributed by atoms with van der Waals surface area (Å²) in [5, 5.41) is 0. The molecule has 0 heterocycles. The summed E-state index contributed by atoms with van der Waals surface area (Å²) in [7, 11) is 4.87. The van der Waals surface area contributed by atoms with Crippen molar-refractivity contribution >= 4 is 0 Å². The molecule has 1 nitrogen and oxygen atoms in total. The number of unbranched alkanes of at least 4 members (excludes halogenated alkanes) is 14. The highest BCUT2D eigenvalue weighted by atomic mass is 15.3. The van der Waals surface area contributed by atoms with E-state index in [2.05, 4.69) is 34.9 Å². The average Bonchev–Trinajstić information content (AvgIpc) is 2.65. The topological polar surface area (TPSA) is 0 Å². The van der Waals surface area contributed by atoms with Gasteiger partial charge in [-0.3, -0.25) is 0 Å². The summed E-state index contributed by atoms with van der Waals surface area (Å²) >= 11 is 0. The van der Waals surface area contributed by atoms with Crippen LogP contribution >= 0.6 is 0 Å². The van der Waals surface area contributed by atoms with Crippen LogP contribution in [0.1, 0.15) is 136 Å². The van der Waals surface area contributed by atoms with Crippen LogP contribution < -0.4 is 0 Å². The number of hydrogen-bond acceptors (Lipinski definition) is 0. The van der Waals surface area contributed by atoms with Crippen molar-refractivity contribution in [2.75, 3.05) is 27.2 Å². The predicted octanol–water partition coefficient (Wildman–Crippen LogP) is 8.76. The molecule has 0 aliphatic heterocycles. The molecule has 1 unspecified atom stereocenters. The molecule has 0 rings (SSSR count). The second-order valence-electron chi connectivity index (χ2n) is 9.99. The first-order valence-electron chi connectivity index (χ1n) is 12.8. The van der Waals surface area contributed by atoms with Gasteiger partial charge in [0.15, 0.2) is 0 Å². The van der Waals surface area contributed by atoms with Gasteiger partial charge in [0.25, 0.3) is 0 Å². The number of rotatable bonds is 21. The van der Waals surface area contributed by atoms with Gasteiger partial charge in [0.2, 0.25) is 0 Å². The van der Waals surface area contributed by atoms with E-state index in [1.54, 1.807) is 0 Å². The van der Waals surface area contributed by atoms with Crippen molar-refractivity contribution in [3.8, 4) is 0 Å². The van der Waals surface area contributed by atoms with Gasteiger partial charge < -0.3 is 4.48 Å². The standard InChI is InChI=1S/C26H56N/c1-6-8-9-10-11-12-13-14-15-16-17-18-19-21-24-27(4,5)25-22-20-23-26(3)7-2/h26H,6-25H2,1-5H3/q+1. The maximum atomic E-state index is 2.44. The summed E-state index contributed by atoms with van der Waals surface area (Å²) < 4.78 is 1.23. The maximum absolute atomic E-state index is 2.44. The minimum absolute atomic E-state index is 0.923. The molecule has 0 fully saturated rings. The number of nitrogens with zero attached hydrogens (tertiary/aromatic N) is 1. The lowest BCUT2D eigenvalue weighted by molar-refractivity contribution is -0.890. The van der Waals surface area contributed by atoms with Crippen molar-refractivity contribution in [3.05, 3.63) is 0 Å². The molecule has 164 valence electrons. The number of hydrogen-bond donors (Lipinski definition) is 0. The Morgan fingerprint density at radius 1 is 0.519 bits per heavy atom. The third-order valence-corrected chi connectivity index (χ3v) is 6.52. The van der Waals surface area contributed by atoms with E-state index in [-0.39, 0.29) is 0 Å². The van der Waals surface area contributed by atoms with Gasteiger partial charge in [-0.1, -0.05) is 111 Å². The first kappa shape index (κ1) is 27.0. The van der Waals surface area contributed by atoms with Gasteiger partial charge in [0.05, 0.1) is 27.2 Å². The van der Waals surface area contributed by atoms with E-state index in [1.165, 1.54) is 133 Å². The second-order valence-corrected chi connectivity index (χ2v) is 9.99. The molecule has 0 amide bonds. The third-order valence-electron chi connectivity index (χ3n) is 6.52. The molecule has 0 bridgehead atoms. The van der Waals surface area contributed by atoms with Gasteiger partial charge in [-0.05, 0) is 31.6 Å². The van der Waals surface area contributed by atoms with E-state index in [0.29, 0.717) is 0 Å². The fourth-order valence-electron chi connectivity index (χ4n) is 4.08. The Hall–Kier alpha value is -0.0400. The summed E-state index contributed by atoms with van der Waals surface area (Å²) in [4.78, 5) is 0. The highest BCUT2D eigenvalue weighted by Crippen LogP contribution is 2.15. The zero-order chi connectivity index (χ0) is 20.2. The minimum Gasteiger partial charge on any atom is -0.328 e. The summed E-state index contributed by atoms with van der Waals surface area (Å²) in [5.74, 6) is 0.923. The lowest BCUT2D eigenvalue weighted by atomic mass is 10.0. The van der Waals surface area contributed by atoms with Crippen molar-refractivity contribution in [1.82, 2.24) is 0 Å². The summed E-state index contributed by atoms with van der Waals surface area (Å²) in [5.41, 5.74) is 0. The third kappa shape index (κ3) is 20.5. The first-order chi connectivity index (χ1) is 13.0. The van der Waals surface area contributed by atoms with Crippen molar-refractivity contribution in [1.29, 1.82) is 0 Å². The summed E-state index contributed by atoms with van der Waals surface area (Å²) in [6, 6.07) is 0. The zero-order valence-electron chi connectivity index (χ0n) is 20.2.